The van der Waals surface area contributed by atoms with Crippen LogP contribution in [0.4, 0.5) is 0 Å². The summed E-state index contributed by atoms with van der Waals surface area (Å²) in [6.07, 6.45) is 0.920. The normalized spacial score (nSPS) is 12.6. The van der Waals surface area contributed by atoms with E-state index in [1.165, 1.54) is 4.31 Å². The Balaban J connectivity index is 2.91. The third kappa shape index (κ3) is 4.28. The first-order chi connectivity index (χ1) is 9.71. The van der Waals surface area contributed by atoms with Gasteiger partial charge in [-0.1, -0.05) is 20.8 Å². The number of aromatic nitrogens is 2. The van der Waals surface area contributed by atoms with Crippen molar-refractivity contribution in [1.29, 1.82) is 0 Å². The topological polar surface area (TPSA) is 67.2 Å². The van der Waals surface area contributed by atoms with Gasteiger partial charge in [0.2, 0.25) is 10.0 Å². The van der Waals surface area contributed by atoms with E-state index in [1.807, 2.05) is 13.8 Å². The summed E-state index contributed by atoms with van der Waals surface area (Å²) in [5.41, 5.74) is 1.29. The Hall–Kier alpha value is -0.920. The monoisotopic (exact) mass is 316 g/mol. The van der Waals surface area contributed by atoms with Crippen molar-refractivity contribution in [2.24, 2.45) is 0 Å². The molecule has 1 aromatic rings. The molecule has 1 heterocycles. The molecule has 0 fully saturated rings. The average molecular weight is 316 g/mol. The minimum atomic E-state index is -3.44. The van der Waals surface area contributed by atoms with Crippen molar-refractivity contribution >= 4 is 10.0 Å². The smallest absolute Gasteiger partial charge is 0.246 e. The molecule has 1 aromatic heterocycles. The fraction of sp³-hybridized carbons (Fsp3) is 0.786. The molecule has 1 rings (SSSR count). The number of sulfonamides is 1. The summed E-state index contributed by atoms with van der Waals surface area (Å²) in [5.74, 6) is 0. The van der Waals surface area contributed by atoms with E-state index in [0.29, 0.717) is 23.2 Å². The van der Waals surface area contributed by atoms with Crippen molar-refractivity contribution in [2.75, 3.05) is 20.1 Å². The second kappa shape index (κ2) is 7.38. The van der Waals surface area contributed by atoms with Gasteiger partial charge in [-0.05, 0) is 26.8 Å². The van der Waals surface area contributed by atoms with Crippen molar-refractivity contribution in [1.82, 2.24) is 19.4 Å². The summed E-state index contributed by atoms with van der Waals surface area (Å²) >= 11 is 0. The van der Waals surface area contributed by atoms with Crippen molar-refractivity contribution < 1.29 is 8.42 Å². The lowest BCUT2D eigenvalue weighted by Crippen LogP contribution is -2.27. The van der Waals surface area contributed by atoms with Crippen molar-refractivity contribution in [3.8, 4) is 0 Å². The van der Waals surface area contributed by atoms with Gasteiger partial charge >= 0.3 is 0 Å². The molecule has 0 spiro atoms. The maximum Gasteiger partial charge on any atom is 0.246 e. The van der Waals surface area contributed by atoms with Crippen LogP contribution in [0, 0.1) is 13.8 Å². The van der Waals surface area contributed by atoms with Crippen LogP contribution in [0.3, 0.4) is 0 Å². The minimum Gasteiger partial charge on any atom is -0.314 e. The van der Waals surface area contributed by atoms with E-state index in [9.17, 15) is 8.42 Å². The molecule has 0 saturated carbocycles. The molecule has 0 aliphatic carbocycles. The first-order valence-corrected chi connectivity index (χ1v) is 8.89. The lowest BCUT2D eigenvalue weighted by molar-refractivity contribution is 0.484. The van der Waals surface area contributed by atoms with Crippen LogP contribution in [-0.4, -0.2) is 48.7 Å². The maximum absolute atomic E-state index is 12.5. The van der Waals surface area contributed by atoms with Crippen LogP contribution in [0.15, 0.2) is 4.90 Å². The van der Waals surface area contributed by atoms with Gasteiger partial charge in [-0.25, -0.2) is 12.7 Å². The Kier molecular flexibility index (Phi) is 6.37. The summed E-state index contributed by atoms with van der Waals surface area (Å²) in [7, 11) is -1.84. The van der Waals surface area contributed by atoms with Gasteiger partial charge < -0.3 is 5.32 Å². The lowest BCUT2D eigenvalue weighted by Gasteiger charge is -2.15. The Bertz CT molecular complexity index is 564. The van der Waals surface area contributed by atoms with Crippen LogP contribution in [0.5, 0.6) is 0 Å². The summed E-state index contributed by atoms with van der Waals surface area (Å²) in [6.45, 7) is 11.7. The molecule has 0 atom stereocenters. The molecule has 0 saturated heterocycles. The Morgan fingerprint density at radius 3 is 2.48 bits per heavy atom. The van der Waals surface area contributed by atoms with Gasteiger partial charge in [0, 0.05) is 26.2 Å². The average Bonchev–Trinajstić information content (AvgIpc) is 2.68. The van der Waals surface area contributed by atoms with Gasteiger partial charge in [0.05, 0.1) is 11.4 Å². The van der Waals surface area contributed by atoms with Crippen LogP contribution in [0.2, 0.25) is 0 Å². The molecular formula is C14H28N4O2S. The molecular weight excluding hydrogens is 288 g/mol. The molecule has 1 N–H and O–H groups in total. The zero-order valence-electron chi connectivity index (χ0n) is 14.0. The molecule has 6 nitrogen and oxygen atoms in total. The predicted octanol–water partition coefficient (Wildman–Crippen LogP) is 1.53. The summed E-state index contributed by atoms with van der Waals surface area (Å²) in [5, 5.41) is 7.74. The fourth-order valence-electron chi connectivity index (χ4n) is 2.22. The highest BCUT2D eigenvalue weighted by Crippen LogP contribution is 2.22. The molecule has 0 aliphatic heterocycles. The van der Waals surface area contributed by atoms with Crippen molar-refractivity contribution in [3.63, 3.8) is 0 Å². The maximum atomic E-state index is 12.5. The zero-order valence-corrected chi connectivity index (χ0v) is 14.8. The Morgan fingerprint density at radius 1 is 1.33 bits per heavy atom. The highest BCUT2D eigenvalue weighted by molar-refractivity contribution is 7.89. The molecule has 21 heavy (non-hydrogen) atoms. The Morgan fingerprint density at radius 2 is 1.95 bits per heavy atom. The first-order valence-electron chi connectivity index (χ1n) is 7.45. The molecule has 122 valence electrons. The van der Waals surface area contributed by atoms with Crippen molar-refractivity contribution in [3.05, 3.63) is 11.4 Å². The highest BCUT2D eigenvalue weighted by Gasteiger charge is 2.27. The van der Waals surface area contributed by atoms with Gasteiger partial charge in [-0.3, -0.25) is 4.68 Å². The van der Waals surface area contributed by atoms with Gasteiger partial charge in [-0.2, -0.15) is 5.10 Å². The van der Waals surface area contributed by atoms with Crippen LogP contribution >= 0.6 is 0 Å². The van der Waals surface area contributed by atoms with Gasteiger partial charge in [0.15, 0.2) is 0 Å². The number of hydrogen-bond donors (Lipinski definition) is 1. The highest BCUT2D eigenvalue weighted by atomic mass is 32.2. The second-order valence-electron chi connectivity index (χ2n) is 5.60. The number of nitrogens with one attached hydrogen (secondary N) is 1. The van der Waals surface area contributed by atoms with Crippen LogP contribution < -0.4 is 5.32 Å². The third-order valence-corrected chi connectivity index (χ3v) is 5.71. The van der Waals surface area contributed by atoms with Crippen LogP contribution in [0.25, 0.3) is 0 Å². The quantitative estimate of drug-likeness (QED) is 0.739. The molecule has 0 aliphatic rings. The largest absolute Gasteiger partial charge is 0.314 e. The zero-order chi connectivity index (χ0) is 16.2. The van der Waals surface area contributed by atoms with Gasteiger partial charge in [0.1, 0.15) is 4.90 Å². The lowest BCUT2D eigenvalue weighted by atomic mass is 10.3. The number of nitrogens with zero attached hydrogens (tertiary/aromatic N) is 3. The summed E-state index contributed by atoms with van der Waals surface area (Å²) in [4.78, 5) is 0.351. The Labute approximate surface area is 128 Å². The van der Waals surface area contributed by atoms with Crippen molar-refractivity contribution in [2.45, 2.75) is 58.5 Å². The molecule has 0 bridgehead atoms. The first kappa shape index (κ1) is 18.1. The fourth-order valence-corrected chi connectivity index (χ4v) is 3.76. The summed E-state index contributed by atoms with van der Waals surface area (Å²) in [6, 6.07) is 0.458. The van der Waals surface area contributed by atoms with Crippen LogP contribution in [0.1, 0.15) is 38.6 Å². The van der Waals surface area contributed by atoms with E-state index in [-0.39, 0.29) is 0 Å². The van der Waals surface area contributed by atoms with Gasteiger partial charge in [-0.15, -0.1) is 0 Å². The predicted molar refractivity (Wildman–Crippen MR) is 84.9 cm³/mol. The molecule has 0 aromatic carbocycles. The van der Waals surface area contributed by atoms with Crippen LogP contribution in [-0.2, 0) is 16.6 Å². The minimum absolute atomic E-state index is 0.351. The summed E-state index contributed by atoms with van der Waals surface area (Å²) < 4.78 is 28.2. The van der Waals surface area contributed by atoms with E-state index in [2.05, 4.69) is 24.3 Å². The SMILES string of the molecule is CCN(C)S(=O)(=O)c1c(C)nn(CCCNC(C)C)c1C. The van der Waals surface area contributed by atoms with Gasteiger partial charge in [0.25, 0.3) is 0 Å². The van der Waals surface area contributed by atoms with E-state index >= 15 is 0 Å². The van der Waals surface area contributed by atoms with E-state index in [4.69, 9.17) is 0 Å². The molecule has 7 heteroatoms. The van der Waals surface area contributed by atoms with E-state index in [0.717, 1.165) is 25.2 Å². The molecule has 0 unspecified atom stereocenters. The number of rotatable bonds is 8. The standard InChI is InChI=1S/C14H28N4O2S/c1-7-17(6)21(19,20)14-12(4)16-18(13(14)5)10-8-9-15-11(2)3/h11,15H,7-10H2,1-6H3. The molecule has 0 radical (unpaired) electrons. The molecule has 0 amide bonds. The number of aryl methyl sites for hydroxylation is 2. The van der Waals surface area contributed by atoms with E-state index in [1.54, 1.807) is 18.7 Å². The third-order valence-electron chi connectivity index (χ3n) is 3.53. The second-order valence-corrected chi connectivity index (χ2v) is 7.59. The number of hydrogen-bond acceptors (Lipinski definition) is 4. The van der Waals surface area contributed by atoms with E-state index < -0.39 is 10.0 Å².